The SMILES string of the molecule is COc1cc2c(cc1C(=O)N1CC(CO)C(CN3CCN(C)CC3)C1)CCC2. The molecule has 0 aromatic heterocycles. The highest BCUT2D eigenvalue weighted by Gasteiger charge is 2.37. The fourth-order valence-corrected chi connectivity index (χ4v) is 4.99. The van der Waals surface area contributed by atoms with Crippen LogP contribution >= 0.6 is 0 Å². The Hall–Kier alpha value is -1.63. The first-order valence-electron chi connectivity index (χ1n) is 10.6. The first kappa shape index (κ1) is 19.7. The summed E-state index contributed by atoms with van der Waals surface area (Å²) in [6, 6.07) is 4.10. The van der Waals surface area contributed by atoms with E-state index >= 15 is 0 Å². The van der Waals surface area contributed by atoms with Crippen LogP contribution in [0.1, 0.15) is 27.9 Å². The first-order valence-corrected chi connectivity index (χ1v) is 10.6. The summed E-state index contributed by atoms with van der Waals surface area (Å²) >= 11 is 0. The minimum Gasteiger partial charge on any atom is -0.496 e. The lowest BCUT2D eigenvalue weighted by atomic mass is 9.96. The van der Waals surface area contributed by atoms with Gasteiger partial charge in [-0.1, -0.05) is 0 Å². The van der Waals surface area contributed by atoms with Crippen LogP contribution < -0.4 is 4.74 Å². The number of likely N-dealkylation sites (N-methyl/N-ethyl adjacent to an activating group) is 1. The van der Waals surface area contributed by atoms with Gasteiger partial charge in [-0.2, -0.15) is 0 Å². The molecule has 3 aliphatic rings. The molecule has 2 aliphatic heterocycles. The highest BCUT2D eigenvalue weighted by Crippen LogP contribution is 2.33. The number of rotatable bonds is 5. The third-order valence-corrected chi connectivity index (χ3v) is 6.83. The Morgan fingerprint density at radius 1 is 1.11 bits per heavy atom. The summed E-state index contributed by atoms with van der Waals surface area (Å²) in [5.41, 5.74) is 3.28. The van der Waals surface area contributed by atoms with Gasteiger partial charge >= 0.3 is 0 Å². The number of aliphatic hydroxyl groups is 1. The van der Waals surface area contributed by atoms with Crippen molar-refractivity contribution in [2.45, 2.75) is 19.3 Å². The van der Waals surface area contributed by atoms with E-state index in [0.29, 0.717) is 23.8 Å². The fourth-order valence-electron chi connectivity index (χ4n) is 4.99. The summed E-state index contributed by atoms with van der Waals surface area (Å²) < 4.78 is 5.55. The molecule has 1 N–H and O–H groups in total. The van der Waals surface area contributed by atoms with Gasteiger partial charge in [0.15, 0.2) is 0 Å². The van der Waals surface area contributed by atoms with Crippen molar-refractivity contribution in [3.63, 3.8) is 0 Å². The van der Waals surface area contributed by atoms with Crippen LogP contribution in [0.5, 0.6) is 5.75 Å². The molecule has 0 radical (unpaired) electrons. The third kappa shape index (κ3) is 3.91. The van der Waals surface area contributed by atoms with Gasteiger partial charge in [-0.3, -0.25) is 4.79 Å². The summed E-state index contributed by atoms with van der Waals surface area (Å²) in [5.74, 6) is 1.22. The van der Waals surface area contributed by atoms with Crippen molar-refractivity contribution in [2.24, 2.45) is 11.8 Å². The monoisotopic (exact) mass is 387 g/mol. The normalized spacial score (nSPS) is 25.9. The maximum atomic E-state index is 13.3. The molecular weight excluding hydrogens is 354 g/mol. The smallest absolute Gasteiger partial charge is 0.257 e. The highest BCUT2D eigenvalue weighted by molar-refractivity contribution is 5.97. The lowest BCUT2D eigenvalue weighted by molar-refractivity contribution is 0.0773. The molecule has 1 aliphatic carbocycles. The van der Waals surface area contributed by atoms with Gasteiger partial charge in [0.25, 0.3) is 5.91 Å². The van der Waals surface area contributed by atoms with E-state index in [1.807, 2.05) is 11.0 Å². The average molecular weight is 388 g/mol. The second kappa shape index (κ2) is 8.39. The zero-order valence-corrected chi connectivity index (χ0v) is 17.2. The minimum absolute atomic E-state index is 0.0471. The standard InChI is InChI=1S/C22H33N3O3/c1-23-6-8-24(9-7-23)12-18-13-25(14-19(18)15-26)22(27)20-10-16-4-3-5-17(16)11-21(20)28-2/h10-11,18-19,26H,3-9,12-15H2,1-2H3. The Bertz CT molecular complexity index is 715. The Morgan fingerprint density at radius 3 is 2.46 bits per heavy atom. The number of aliphatic hydroxyl groups excluding tert-OH is 1. The number of amides is 1. The van der Waals surface area contributed by atoms with Crippen molar-refractivity contribution < 1.29 is 14.6 Å². The molecule has 2 atom stereocenters. The number of hydrogen-bond donors (Lipinski definition) is 1. The molecule has 0 saturated carbocycles. The van der Waals surface area contributed by atoms with Gasteiger partial charge in [0, 0.05) is 58.3 Å². The number of likely N-dealkylation sites (tertiary alicyclic amines) is 1. The minimum atomic E-state index is 0.0471. The molecule has 4 rings (SSSR count). The molecule has 1 aromatic carbocycles. The van der Waals surface area contributed by atoms with Crippen LogP contribution in [-0.2, 0) is 12.8 Å². The molecule has 28 heavy (non-hydrogen) atoms. The van der Waals surface area contributed by atoms with Gasteiger partial charge in [-0.15, -0.1) is 0 Å². The van der Waals surface area contributed by atoms with Crippen molar-refractivity contribution in [2.75, 3.05) is 66.6 Å². The summed E-state index contributed by atoms with van der Waals surface area (Å²) in [5, 5.41) is 9.92. The topological polar surface area (TPSA) is 56.2 Å². The number of methoxy groups -OCH3 is 1. The average Bonchev–Trinajstić information content (AvgIpc) is 3.34. The van der Waals surface area contributed by atoms with Crippen LogP contribution in [0.15, 0.2) is 12.1 Å². The van der Waals surface area contributed by atoms with E-state index in [1.165, 1.54) is 11.1 Å². The highest BCUT2D eigenvalue weighted by atomic mass is 16.5. The van der Waals surface area contributed by atoms with Crippen molar-refractivity contribution in [1.82, 2.24) is 14.7 Å². The second-order valence-electron chi connectivity index (χ2n) is 8.69. The molecular formula is C22H33N3O3. The number of benzene rings is 1. The predicted octanol–water partition coefficient (Wildman–Crippen LogP) is 1.11. The number of piperazine rings is 1. The summed E-state index contributed by atoms with van der Waals surface area (Å²) in [7, 11) is 3.80. The molecule has 2 saturated heterocycles. The van der Waals surface area contributed by atoms with Crippen molar-refractivity contribution in [3.8, 4) is 5.75 Å². The van der Waals surface area contributed by atoms with Gasteiger partial charge in [0.2, 0.25) is 0 Å². The maximum Gasteiger partial charge on any atom is 0.257 e. The summed E-state index contributed by atoms with van der Waals surface area (Å²) in [6.45, 7) is 6.77. The molecule has 0 bridgehead atoms. The van der Waals surface area contributed by atoms with E-state index in [4.69, 9.17) is 4.74 Å². The number of hydrogen-bond acceptors (Lipinski definition) is 5. The van der Waals surface area contributed by atoms with Gasteiger partial charge in [-0.25, -0.2) is 0 Å². The molecule has 6 heteroatoms. The summed E-state index contributed by atoms with van der Waals surface area (Å²) in [4.78, 5) is 20.1. The Labute approximate surface area is 168 Å². The van der Waals surface area contributed by atoms with Crippen LogP contribution in [0, 0.1) is 11.8 Å². The lowest BCUT2D eigenvalue weighted by Crippen LogP contribution is -2.47. The second-order valence-corrected chi connectivity index (χ2v) is 8.69. The number of fused-ring (bicyclic) bond motifs is 1. The zero-order chi connectivity index (χ0) is 19.7. The van der Waals surface area contributed by atoms with Crippen molar-refractivity contribution in [3.05, 3.63) is 28.8 Å². The number of nitrogens with zero attached hydrogens (tertiary/aromatic N) is 3. The fraction of sp³-hybridized carbons (Fsp3) is 0.682. The Kier molecular flexibility index (Phi) is 5.90. The van der Waals surface area contributed by atoms with Gasteiger partial charge in [-0.05, 0) is 55.5 Å². The van der Waals surface area contributed by atoms with Gasteiger partial charge < -0.3 is 24.5 Å². The molecule has 1 amide bonds. The van der Waals surface area contributed by atoms with E-state index in [9.17, 15) is 9.90 Å². The van der Waals surface area contributed by atoms with Crippen LogP contribution in [-0.4, -0.2) is 92.3 Å². The first-order chi connectivity index (χ1) is 13.6. The number of aryl methyl sites for hydroxylation is 2. The summed E-state index contributed by atoms with van der Waals surface area (Å²) in [6.07, 6.45) is 3.27. The Morgan fingerprint density at radius 2 is 1.79 bits per heavy atom. The Balaban J connectivity index is 1.46. The molecule has 2 unspecified atom stereocenters. The predicted molar refractivity (Wildman–Crippen MR) is 109 cm³/mol. The van der Waals surface area contributed by atoms with E-state index in [0.717, 1.165) is 58.5 Å². The maximum absolute atomic E-state index is 13.3. The van der Waals surface area contributed by atoms with E-state index in [-0.39, 0.29) is 18.4 Å². The van der Waals surface area contributed by atoms with Crippen LogP contribution in [0.25, 0.3) is 0 Å². The zero-order valence-electron chi connectivity index (χ0n) is 17.2. The van der Waals surface area contributed by atoms with Gasteiger partial charge in [0.05, 0.1) is 12.7 Å². The van der Waals surface area contributed by atoms with E-state index in [2.05, 4.69) is 22.9 Å². The molecule has 0 spiro atoms. The lowest BCUT2D eigenvalue weighted by Gasteiger charge is -2.34. The quantitative estimate of drug-likeness (QED) is 0.820. The van der Waals surface area contributed by atoms with Crippen LogP contribution in [0.2, 0.25) is 0 Å². The number of carbonyl (C=O) groups excluding carboxylic acids is 1. The van der Waals surface area contributed by atoms with Crippen molar-refractivity contribution in [1.29, 1.82) is 0 Å². The van der Waals surface area contributed by atoms with Crippen LogP contribution in [0.4, 0.5) is 0 Å². The van der Waals surface area contributed by atoms with Gasteiger partial charge in [0.1, 0.15) is 5.75 Å². The van der Waals surface area contributed by atoms with E-state index in [1.54, 1.807) is 7.11 Å². The molecule has 2 fully saturated rings. The molecule has 6 nitrogen and oxygen atoms in total. The van der Waals surface area contributed by atoms with Crippen molar-refractivity contribution >= 4 is 5.91 Å². The molecule has 2 heterocycles. The van der Waals surface area contributed by atoms with Crippen LogP contribution in [0.3, 0.4) is 0 Å². The largest absolute Gasteiger partial charge is 0.496 e. The molecule has 1 aromatic rings. The van der Waals surface area contributed by atoms with E-state index < -0.39 is 0 Å². The third-order valence-electron chi connectivity index (χ3n) is 6.83. The number of carbonyl (C=O) groups is 1. The molecule has 154 valence electrons. The number of ether oxygens (including phenoxy) is 1.